The zero-order valence-corrected chi connectivity index (χ0v) is 22.2. The predicted octanol–water partition coefficient (Wildman–Crippen LogP) is 4.87. The molecule has 2 heterocycles. The van der Waals surface area contributed by atoms with Gasteiger partial charge in [0.1, 0.15) is 12.4 Å². The van der Waals surface area contributed by atoms with E-state index in [-0.39, 0.29) is 36.1 Å². The molecule has 1 aliphatic heterocycles. The minimum absolute atomic E-state index is 0.166. The molecule has 0 unspecified atom stereocenters. The molecule has 1 aliphatic rings. The van der Waals surface area contributed by atoms with Crippen LogP contribution in [0.5, 0.6) is 0 Å². The van der Waals surface area contributed by atoms with Crippen molar-refractivity contribution in [3.8, 4) is 0 Å². The van der Waals surface area contributed by atoms with Gasteiger partial charge in [-0.3, -0.25) is 19.7 Å². The average Bonchev–Trinajstić information content (AvgIpc) is 3.58. The fourth-order valence-corrected chi connectivity index (χ4v) is 5.42. The highest BCUT2D eigenvalue weighted by molar-refractivity contribution is 7.10. The van der Waals surface area contributed by atoms with Gasteiger partial charge in [0.2, 0.25) is 5.91 Å². The molecule has 10 heteroatoms. The lowest BCUT2D eigenvalue weighted by Gasteiger charge is -2.29. The largest absolute Gasteiger partial charge is 0.332 e. The summed E-state index contributed by atoms with van der Waals surface area (Å²) in [5.74, 6) is -1.02. The second kappa shape index (κ2) is 12.7. The number of amides is 2. The van der Waals surface area contributed by atoms with Crippen LogP contribution in [0.4, 0.5) is 10.1 Å². The van der Waals surface area contributed by atoms with E-state index in [1.165, 1.54) is 41.3 Å². The van der Waals surface area contributed by atoms with Crippen molar-refractivity contribution >= 4 is 28.8 Å². The average molecular weight is 539 g/mol. The van der Waals surface area contributed by atoms with Crippen LogP contribution in [0.3, 0.4) is 0 Å². The monoisotopic (exact) mass is 538 g/mol. The van der Waals surface area contributed by atoms with Crippen molar-refractivity contribution in [3.63, 3.8) is 0 Å². The highest BCUT2D eigenvalue weighted by Crippen LogP contribution is 2.21. The quantitative estimate of drug-likeness (QED) is 0.257. The predicted molar refractivity (Wildman–Crippen MR) is 144 cm³/mol. The van der Waals surface area contributed by atoms with Gasteiger partial charge in [-0.25, -0.2) is 4.39 Å². The molecule has 8 nitrogen and oxygen atoms in total. The number of nitro groups is 1. The van der Waals surface area contributed by atoms with Gasteiger partial charge in [-0.2, -0.15) is 0 Å². The van der Waals surface area contributed by atoms with Crippen molar-refractivity contribution in [1.82, 2.24) is 14.7 Å². The molecule has 38 heavy (non-hydrogen) atoms. The van der Waals surface area contributed by atoms with Crippen molar-refractivity contribution in [2.75, 3.05) is 32.7 Å². The molecule has 200 valence electrons. The molecule has 1 saturated heterocycles. The lowest BCUT2D eigenvalue weighted by Crippen LogP contribution is -2.45. The molecule has 0 atom stereocenters. The van der Waals surface area contributed by atoms with Crippen molar-refractivity contribution in [2.45, 2.75) is 32.9 Å². The Hall–Kier alpha value is -3.63. The van der Waals surface area contributed by atoms with Crippen LogP contribution < -0.4 is 0 Å². The Morgan fingerprint density at radius 3 is 2.45 bits per heavy atom. The van der Waals surface area contributed by atoms with Gasteiger partial charge in [0.05, 0.1) is 11.5 Å². The molecule has 4 rings (SSSR count). The number of likely N-dealkylation sites (tertiary alicyclic amines) is 1. The van der Waals surface area contributed by atoms with Crippen LogP contribution in [0.1, 0.15) is 39.2 Å². The van der Waals surface area contributed by atoms with E-state index in [1.54, 1.807) is 28.4 Å². The molecule has 2 aromatic carbocycles. The summed E-state index contributed by atoms with van der Waals surface area (Å²) in [7, 11) is 0. The molecule has 0 aliphatic carbocycles. The number of rotatable bonds is 11. The first-order valence-electron chi connectivity index (χ1n) is 12.6. The first-order valence-corrected chi connectivity index (χ1v) is 13.5. The summed E-state index contributed by atoms with van der Waals surface area (Å²) >= 11 is 1.56. The molecule has 0 N–H and O–H groups in total. The number of benzene rings is 2. The molecule has 1 aromatic heterocycles. The Kier molecular flexibility index (Phi) is 9.19. The van der Waals surface area contributed by atoms with Gasteiger partial charge in [0.25, 0.3) is 11.6 Å². The lowest BCUT2D eigenvalue weighted by atomic mass is 10.1. The first kappa shape index (κ1) is 27.4. The molecular weight excluding hydrogens is 507 g/mol. The van der Waals surface area contributed by atoms with E-state index in [0.29, 0.717) is 19.6 Å². The smallest absolute Gasteiger partial charge is 0.270 e. The number of halogens is 1. The number of aryl methyl sites for hydroxylation is 1. The van der Waals surface area contributed by atoms with Gasteiger partial charge in [0, 0.05) is 42.2 Å². The number of non-ortho nitro benzene ring substituents is 1. The molecular formula is C28H31FN4O4S. The zero-order valence-electron chi connectivity index (χ0n) is 21.3. The summed E-state index contributed by atoms with van der Waals surface area (Å²) in [4.78, 5) is 44.4. The number of carbonyl (C=O) groups excluding carboxylic acids is 2. The van der Waals surface area contributed by atoms with Crippen LogP contribution in [0.2, 0.25) is 0 Å². The van der Waals surface area contributed by atoms with Crippen LogP contribution in [-0.2, 0) is 17.9 Å². The second-order valence-corrected chi connectivity index (χ2v) is 10.5. The first-order chi connectivity index (χ1) is 18.3. The van der Waals surface area contributed by atoms with Gasteiger partial charge in [0.15, 0.2) is 0 Å². The lowest BCUT2D eigenvalue weighted by molar-refractivity contribution is -0.384. The number of hydrogen-bond donors (Lipinski definition) is 0. The Labute approximate surface area is 225 Å². The van der Waals surface area contributed by atoms with Crippen LogP contribution in [0, 0.1) is 22.9 Å². The number of carbonyl (C=O) groups is 2. The zero-order chi connectivity index (χ0) is 27.1. The maximum Gasteiger partial charge on any atom is 0.270 e. The van der Waals surface area contributed by atoms with Crippen molar-refractivity contribution < 1.29 is 18.9 Å². The summed E-state index contributed by atoms with van der Waals surface area (Å²) in [5, 5.41) is 13.2. The van der Waals surface area contributed by atoms with Crippen molar-refractivity contribution in [2.24, 2.45) is 0 Å². The minimum Gasteiger partial charge on any atom is -0.332 e. The standard InChI is InChI=1S/C28H31FN4O4S/c1-21-11-16-38-26(21)19-32(18-22-7-9-24(29)10-8-22)27(34)20-31(15-14-30-12-2-3-13-30)28(35)23-5-4-6-25(17-23)33(36)37/h4-11,16-17H,2-3,12-15,18-20H2,1H3. The fourth-order valence-electron chi connectivity index (χ4n) is 4.50. The van der Waals surface area contributed by atoms with Gasteiger partial charge in [-0.05, 0) is 73.6 Å². The van der Waals surface area contributed by atoms with E-state index in [0.717, 1.165) is 41.9 Å². The van der Waals surface area contributed by atoms with Gasteiger partial charge in [-0.15, -0.1) is 11.3 Å². The van der Waals surface area contributed by atoms with E-state index in [9.17, 15) is 24.1 Å². The summed E-state index contributed by atoms with van der Waals surface area (Å²) < 4.78 is 13.5. The van der Waals surface area contributed by atoms with Gasteiger partial charge >= 0.3 is 0 Å². The van der Waals surface area contributed by atoms with E-state index in [4.69, 9.17) is 0 Å². The number of nitro benzene ring substituents is 1. The molecule has 0 saturated carbocycles. The Balaban J connectivity index is 1.57. The van der Waals surface area contributed by atoms with Crippen LogP contribution >= 0.6 is 11.3 Å². The highest BCUT2D eigenvalue weighted by Gasteiger charge is 2.25. The molecule has 0 spiro atoms. The van der Waals surface area contributed by atoms with Crippen LogP contribution in [-0.4, -0.2) is 64.2 Å². The fraction of sp³-hybridized carbons (Fsp3) is 0.357. The number of hydrogen-bond acceptors (Lipinski definition) is 6. The summed E-state index contributed by atoms with van der Waals surface area (Å²) in [6.07, 6.45) is 2.20. The van der Waals surface area contributed by atoms with Gasteiger partial charge < -0.3 is 14.7 Å². The third-order valence-corrected chi connectivity index (χ3v) is 7.75. The topological polar surface area (TPSA) is 87.0 Å². The van der Waals surface area contributed by atoms with E-state index in [1.807, 2.05) is 18.4 Å². The third-order valence-electron chi connectivity index (χ3n) is 6.74. The minimum atomic E-state index is -0.537. The number of thiophene rings is 1. The van der Waals surface area contributed by atoms with Crippen molar-refractivity contribution in [3.05, 3.63) is 97.5 Å². The van der Waals surface area contributed by atoms with E-state index in [2.05, 4.69) is 4.90 Å². The maximum atomic E-state index is 13.7. The van der Waals surface area contributed by atoms with E-state index < -0.39 is 10.8 Å². The number of nitrogens with zero attached hydrogens (tertiary/aromatic N) is 4. The SMILES string of the molecule is Cc1ccsc1CN(Cc1ccc(F)cc1)C(=O)CN(CCN1CCCC1)C(=O)c1cccc([N+](=O)[O-])c1. The molecule has 2 amide bonds. The highest BCUT2D eigenvalue weighted by atomic mass is 32.1. The van der Waals surface area contributed by atoms with Crippen LogP contribution in [0.15, 0.2) is 60.0 Å². The van der Waals surface area contributed by atoms with Crippen LogP contribution in [0.25, 0.3) is 0 Å². The second-order valence-electron chi connectivity index (χ2n) is 9.49. The summed E-state index contributed by atoms with van der Waals surface area (Å²) in [6, 6.07) is 13.6. The molecule has 3 aromatic rings. The summed E-state index contributed by atoms with van der Waals surface area (Å²) in [6.45, 7) is 5.29. The van der Waals surface area contributed by atoms with Crippen molar-refractivity contribution in [1.29, 1.82) is 0 Å². The Morgan fingerprint density at radius 1 is 1.05 bits per heavy atom. The Bertz CT molecular complexity index is 1270. The Morgan fingerprint density at radius 2 is 1.79 bits per heavy atom. The van der Waals surface area contributed by atoms with E-state index >= 15 is 0 Å². The molecule has 0 radical (unpaired) electrons. The molecule has 1 fully saturated rings. The summed E-state index contributed by atoms with van der Waals surface area (Å²) in [5.41, 5.74) is 1.86. The van der Waals surface area contributed by atoms with Gasteiger partial charge in [-0.1, -0.05) is 18.2 Å². The normalized spacial score (nSPS) is 13.4. The third kappa shape index (κ3) is 7.23. The maximum absolute atomic E-state index is 13.7. The molecule has 0 bridgehead atoms.